The second-order valence-electron chi connectivity index (χ2n) is 20.5. The second kappa shape index (κ2) is 48.6. The van der Waals surface area contributed by atoms with E-state index in [4.69, 9.17) is 13.8 Å². The van der Waals surface area contributed by atoms with E-state index >= 15 is 0 Å². The van der Waals surface area contributed by atoms with Crippen LogP contribution in [-0.4, -0.2) is 74.3 Å². The average Bonchev–Trinajstić information content (AvgIpc) is 3.29. The molecule has 0 aliphatic carbocycles. The van der Waals surface area contributed by atoms with Gasteiger partial charge in [-0.3, -0.25) is 18.6 Å². The minimum absolute atomic E-state index is 0.0355. The summed E-state index contributed by atoms with van der Waals surface area (Å²) in [5.74, 6) is -0.533. The van der Waals surface area contributed by atoms with Crippen molar-refractivity contribution in [2.45, 2.75) is 270 Å². The van der Waals surface area contributed by atoms with E-state index in [1.54, 1.807) is 0 Å². The van der Waals surface area contributed by atoms with Crippen LogP contribution < -0.4 is 5.32 Å². The molecule has 0 aliphatic heterocycles. The van der Waals surface area contributed by atoms with Crippen LogP contribution in [0.25, 0.3) is 0 Å². The van der Waals surface area contributed by atoms with Gasteiger partial charge in [-0.2, -0.15) is 0 Å². The van der Waals surface area contributed by atoms with Crippen molar-refractivity contribution in [2.24, 2.45) is 0 Å². The van der Waals surface area contributed by atoms with Crippen molar-refractivity contribution in [3.8, 4) is 0 Å². The summed E-state index contributed by atoms with van der Waals surface area (Å²) in [5, 5.41) is 3.03. The van der Waals surface area contributed by atoms with Gasteiger partial charge in [-0.15, -0.1) is 0 Å². The molecule has 0 saturated heterocycles. The highest BCUT2D eigenvalue weighted by Crippen LogP contribution is 2.43. The summed E-state index contributed by atoms with van der Waals surface area (Å²) >= 11 is 0. The van der Waals surface area contributed by atoms with Gasteiger partial charge >= 0.3 is 13.8 Å². The minimum Gasteiger partial charge on any atom is -0.456 e. The van der Waals surface area contributed by atoms with Crippen LogP contribution in [0.15, 0.2) is 48.6 Å². The van der Waals surface area contributed by atoms with Gasteiger partial charge in [-0.1, -0.05) is 211 Å². The Morgan fingerprint density at radius 3 is 1.38 bits per heavy atom. The predicted octanol–water partition coefficient (Wildman–Crippen LogP) is 16.9. The third kappa shape index (κ3) is 49.0. The molecular formula is C58H110N2O7P+. The number of ether oxygens (including phenoxy) is 1. The summed E-state index contributed by atoms with van der Waals surface area (Å²) in [5.41, 5.74) is 0. The van der Waals surface area contributed by atoms with Gasteiger partial charge in [0, 0.05) is 12.8 Å². The number of nitrogens with zero attached hydrogens (tertiary/aromatic N) is 1. The third-order valence-corrected chi connectivity index (χ3v) is 13.5. The number of quaternary nitrogens is 1. The minimum atomic E-state index is -4.45. The summed E-state index contributed by atoms with van der Waals surface area (Å²) in [7, 11) is 1.48. The summed E-state index contributed by atoms with van der Waals surface area (Å²) < 4.78 is 30.6. The lowest BCUT2D eigenvalue weighted by molar-refractivity contribution is -0.870. The molecule has 0 heterocycles. The Hall–Kier alpha value is -2.03. The maximum absolute atomic E-state index is 13.5. The maximum Gasteiger partial charge on any atom is 0.472 e. The van der Waals surface area contributed by atoms with Crippen molar-refractivity contribution in [3.63, 3.8) is 0 Å². The normalized spacial score (nSPS) is 14.2. The Balaban J connectivity index is 5.43. The summed E-state index contributed by atoms with van der Waals surface area (Å²) in [6, 6.07) is -0.859. The first-order valence-corrected chi connectivity index (χ1v) is 30.0. The first-order chi connectivity index (χ1) is 32.9. The van der Waals surface area contributed by atoms with E-state index in [0.717, 1.165) is 89.9 Å². The fraction of sp³-hybridized carbons (Fsp3) is 0.828. The van der Waals surface area contributed by atoms with Gasteiger partial charge in [0.05, 0.1) is 33.8 Å². The predicted molar refractivity (Wildman–Crippen MR) is 291 cm³/mol. The van der Waals surface area contributed by atoms with Gasteiger partial charge in [0.25, 0.3) is 0 Å². The molecule has 1 amide bonds. The molecule has 0 spiro atoms. The molecule has 0 aromatic heterocycles. The number of likely N-dealkylation sites (N-methyl/N-ethyl adjacent to an activating group) is 1. The van der Waals surface area contributed by atoms with Gasteiger partial charge in [0.1, 0.15) is 19.3 Å². The molecule has 0 saturated carbocycles. The van der Waals surface area contributed by atoms with E-state index in [1.807, 2.05) is 33.3 Å². The average molecular weight is 978 g/mol. The molecule has 0 bridgehead atoms. The van der Waals surface area contributed by atoms with Crippen LogP contribution in [0.4, 0.5) is 0 Å². The number of carbonyl (C=O) groups excluding carboxylic acids is 2. The van der Waals surface area contributed by atoms with E-state index in [0.29, 0.717) is 17.4 Å². The number of rotatable bonds is 51. The van der Waals surface area contributed by atoms with Crippen LogP contribution >= 0.6 is 7.82 Å². The summed E-state index contributed by atoms with van der Waals surface area (Å²) in [4.78, 5) is 37.5. The topological polar surface area (TPSA) is 111 Å². The fourth-order valence-corrected chi connectivity index (χ4v) is 8.78. The molecule has 0 aromatic rings. The molecule has 3 atom stereocenters. The number of phosphoric ester groups is 1. The first-order valence-electron chi connectivity index (χ1n) is 28.5. The van der Waals surface area contributed by atoms with Crippen molar-refractivity contribution in [3.05, 3.63) is 48.6 Å². The standard InChI is InChI=1S/C58H109N2O7P/c1-7-10-13-16-19-22-25-28-30-33-36-39-42-45-48-51-58(62)67-56(49-46-43-40-37-34-31-27-24-21-18-15-12-9-3)55(54-66-68(63,64)65-53-52-60(4,5)6)59-57(61)50-47-44-41-38-35-32-29-26-23-20-17-14-11-8-2/h19,22,25,28,32,35,46,49,55-56H,7-18,20-21,23-24,26-27,29-31,33-34,36-45,47-48,50-54H2,1-6H3,(H-,59,61,63,64)/p+1/b22-19+,28-25+,35-32-,49-46+. The second-order valence-corrected chi connectivity index (χ2v) is 21.9. The number of nitrogens with one attached hydrogen (secondary N) is 1. The lowest BCUT2D eigenvalue weighted by Gasteiger charge is -2.27. The zero-order chi connectivity index (χ0) is 50.1. The highest BCUT2D eigenvalue weighted by atomic mass is 31.2. The number of hydrogen-bond acceptors (Lipinski definition) is 6. The van der Waals surface area contributed by atoms with Crippen molar-refractivity contribution in [2.75, 3.05) is 40.9 Å². The van der Waals surface area contributed by atoms with Crippen molar-refractivity contribution in [1.29, 1.82) is 0 Å². The van der Waals surface area contributed by atoms with Crippen LogP contribution in [0, 0.1) is 0 Å². The van der Waals surface area contributed by atoms with E-state index < -0.39 is 20.0 Å². The fourth-order valence-electron chi connectivity index (χ4n) is 8.04. The van der Waals surface area contributed by atoms with Gasteiger partial charge in [0.15, 0.2) is 0 Å². The Bertz CT molecular complexity index is 1310. The zero-order valence-electron chi connectivity index (χ0n) is 45.3. The number of unbranched alkanes of at least 4 members (excludes halogenated alkanes) is 30. The molecule has 0 radical (unpaired) electrons. The highest BCUT2D eigenvalue weighted by Gasteiger charge is 2.30. The molecule has 68 heavy (non-hydrogen) atoms. The quantitative estimate of drug-likeness (QED) is 0.0156. The van der Waals surface area contributed by atoms with Crippen LogP contribution in [0.2, 0.25) is 0 Å². The van der Waals surface area contributed by atoms with Gasteiger partial charge < -0.3 is 19.4 Å². The lowest BCUT2D eigenvalue weighted by Crippen LogP contribution is -2.47. The van der Waals surface area contributed by atoms with E-state index in [1.165, 1.54) is 135 Å². The van der Waals surface area contributed by atoms with Crippen molar-refractivity contribution in [1.82, 2.24) is 5.32 Å². The Morgan fingerprint density at radius 2 is 0.897 bits per heavy atom. The first kappa shape index (κ1) is 66.0. The third-order valence-electron chi connectivity index (χ3n) is 12.5. The van der Waals surface area contributed by atoms with Crippen molar-refractivity contribution < 1.29 is 37.3 Å². The molecule has 0 fully saturated rings. The highest BCUT2D eigenvalue weighted by molar-refractivity contribution is 7.47. The molecule has 3 unspecified atom stereocenters. The molecule has 0 rings (SSSR count). The van der Waals surface area contributed by atoms with Crippen LogP contribution in [0.5, 0.6) is 0 Å². The Kier molecular flexibility index (Phi) is 47.1. The van der Waals surface area contributed by atoms with Gasteiger partial charge in [0.2, 0.25) is 5.91 Å². The number of amides is 1. The lowest BCUT2D eigenvalue weighted by atomic mass is 10.0. The summed E-state index contributed by atoms with van der Waals surface area (Å²) in [6.07, 6.45) is 58.1. The molecule has 0 aliphatic rings. The number of carbonyl (C=O) groups is 2. The number of hydrogen-bond donors (Lipinski definition) is 2. The maximum atomic E-state index is 13.5. The SMILES string of the molecule is CCCCC/C=C/C=C/CCCCCCCCC(=O)OC(/C=C/CCCCCCCCCCCCC)C(COP(=O)(O)OCC[N+](C)(C)C)NC(=O)CCCCC/C=C\CCCCCCCCC. The number of phosphoric acid groups is 1. The van der Waals surface area contributed by atoms with Crippen LogP contribution in [0.3, 0.4) is 0 Å². The molecule has 398 valence electrons. The molecule has 0 aromatic carbocycles. The van der Waals surface area contributed by atoms with Crippen LogP contribution in [-0.2, 0) is 27.9 Å². The monoisotopic (exact) mass is 978 g/mol. The largest absolute Gasteiger partial charge is 0.472 e. The number of allylic oxidation sites excluding steroid dienone is 7. The Labute approximate surface area is 420 Å². The van der Waals surface area contributed by atoms with E-state index in [9.17, 15) is 19.0 Å². The Morgan fingerprint density at radius 1 is 0.515 bits per heavy atom. The van der Waals surface area contributed by atoms with Crippen molar-refractivity contribution >= 4 is 19.7 Å². The van der Waals surface area contributed by atoms with E-state index in [2.05, 4.69) is 62.5 Å². The van der Waals surface area contributed by atoms with Gasteiger partial charge in [-0.05, 0) is 83.1 Å². The van der Waals surface area contributed by atoms with E-state index in [-0.39, 0.29) is 31.5 Å². The molecule has 9 nitrogen and oxygen atoms in total. The zero-order valence-corrected chi connectivity index (χ0v) is 46.2. The molecular weight excluding hydrogens is 868 g/mol. The number of esters is 1. The smallest absolute Gasteiger partial charge is 0.456 e. The summed E-state index contributed by atoms with van der Waals surface area (Å²) in [6.45, 7) is 6.96. The molecule has 2 N–H and O–H groups in total. The molecule has 10 heteroatoms. The van der Waals surface area contributed by atoms with Gasteiger partial charge in [-0.25, -0.2) is 4.57 Å². The van der Waals surface area contributed by atoms with Crippen LogP contribution in [0.1, 0.15) is 258 Å².